The summed E-state index contributed by atoms with van der Waals surface area (Å²) in [5, 5.41) is 18.7. The van der Waals surface area contributed by atoms with Crippen molar-refractivity contribution in [2.45, 2.75) is 19.4 Å². The van der Waals surface area contributed by atoms with Gasteiger partial charge >= 0.3 is 0 Å². The summed E-state index contributed by atoms with van der Waals surface area (Å²) in [6.07, 6.45) is 0.160. The average molecular weight is 211 g/mol. The molecule has 0 radical (unpaired) electrons. The van der Waals surface area contributed by atoms with Crippen LogP contribution in [0.25, 0.3) is 0 Å². The summed E-state index contributed by atoms with van der Waals surface area (Å²) >= 11 is 5.82. The molecule has 3 nitrogen and oxygen atoms in total. The zero-order valence-electron chi connectivity index (χ0n) is 7.79. The Hall–Kier alpha value is -1.24. The van der Waals surface area contributed by atoms with E-state index in [2.05, 4.69) is 0 Å². The van der Waals surface area contributed by atoms with Crippen molar-refractivity contribution >= 4 is 11.6 Å². The van der Waals surface area contributed by atoms with Gasteiger partial charge in [-0.1, -0.05) is 11.6 Å². The third kappa shape index (κ3) is 2.16. The highest BCUT2D eigenvalue weighted by molar-refractivity contribution is 6.30. The van der Waals surface area contributed by atoms with Gasteiger partial charge in [0.25, 0.3) is 0 Å². The van der Waals surface area contributed by atoms with E-state index < -0.39 is 6.04 Å². The number of halogens is 1. The fraction of sp³-hybridized carbons (Fsp3) is 0.300. The Balaban J connectivity index is 3.14. The van der Waals surface area contributed by atoms with Crippen LogP contribution in [-0.4, -0.2) is 5.11 Å². The predicted octanol–water partition coefficient (Wildman–Crippen LogP) is 2.27. The minimum Gasteiger partial charge on any atom is -0.507 e. The maximum Gasteiger partial charge on any atom is 0.123 e. The first-order chi connectivity index (χ1) is 6.56. The fourth-order valence-corrected chi connectivity index (χ4v) is 1.53. The van der Waals surface area contributed by atoms with Gasteiger partial charge in [0.1, 0.15) is 5.75 Å². The van der Waals surface area contributed by atoms with Crippen LogP contribution in [0.15, 0.2) is 12.1 Å². The second-order valence-electron chi connectivity index (χ2n) is 3.13. The van der Waals surface area contributed by atoms with Gasteiger partial charge in [0, 0.05) is 16.6 Å². The number of aromatic hydroxyl groups is 1. The zero-order chi connectivity index (χ0) is 10.7. The number of hydrogen-bond acceptors (Lipinski definition) is 3. The van der Waals surface area contributed by atoms with Crippen LogP contribution >= 0.6 is 11.6 Å². The van der Waals surface area contributed by atoms with E-state index in [0.29, 0.717) is 16.1 Å². The molecule has 14 heavy (non-hydrogen) atoms. The number of nitrogens with zero attached hydrogens (tertiary/aromatic N) is 1. The van der Waals surface area contributed by atoms with Crippen LogP contribution in [0.1, 0.15) is 23.6 Å². The van der Waals surface area contributed by atoms with Crippen molar-refractivity contribution in [3.8, 4) is 11.8 Å². The lowest BCUT2D eigenvalue weighted by Gasteiger charge is -2.12. The van der Waals surface area contributed by atoms with E-state index in [1.54, 1.807) is 19.1 Å². The summed E-state index contributed by atoms with van der Waals surface area (Å²) < 4.78 is 0. The Morgan fingerprint density at radius 1 is 1.64 bits per heavy atom. The standard InChI is InChI=1S/C10H11ClN2O/c1-6-4-7(11)5-8(10(6)14)9(13)2-3-12/h4-5,9,14H,2,13H2,1H3/t9-/m1/s1. The molecule has 0 aromatic heterocycles. The summed E-state index contributed by atoms with van der Waals surface area (Å²) in [6, 6.07) is 4.71. The Labute approximate surface area is 87.7 Å². The van der Waals surface area contributed by atoms with Crippen molar-refractivity contribution in [1.29, 1.82) is 5.26 Å². The van der Waals surface area contributed by atoms with E-state index in [-0.39, 0.29) is 12.2 Å². The summed E-state index contributed by atoms with van der Waals surface area (Å²) in [4.78, 5) is 0. The molecule has 1 aromatic carbocycles. The largest absolute Gasteiger partial charge is 0.507 e. The van der Waals surface area contributed by atoms with Gasteiger partial charge in [0.05, 0.1) is 12.5 Å². The molecule has 0 unspecified atom stereocenters. The molecular weight excluding hydrogens is 200 g/mol. The smallest absolute Gasteiger partial charge is 0.123 e. The molecule has 1 rings (SSSR count). The molecule has 0 aliphatic heterocycles. The van der Waals surface area contributed by atoms with Crippen molar-refractivity contribution in [3.63, 3.8) is 0 Å². The number of hydrogen-bond donors (Lipinski definition) is 2. The topological polar surface area (TPSA) is 70.0 Å². The summed E-state index contributed by atoms with van der Waals surface area (Å²) in [6.45, 7) is 1.74. The van der Waals surface area contributed by atoms with Crippen LogP contribution in [0.5, 0.6) is 5.75 Å². The second-order valence-corrected chi connectivity index (χ2v) is 3.57. The van der Waals surface area contributed by atoms with Crippen LogP contribution in [0, 0.1) is 18.3 Å². The van der Waals surface area contributed by atoms with Gasteiger partial charge < -0.3 is 10.8 Å². The van der Waals surface area contributed by atoms with Gasteiger partial charge in [-0.15, -0.1) is 0 Å². The minimum absolute atomic E-state index is 0.122. The molecule has 1 atom stereocenters. The highest BCUT2D eigenvalue weighted by Gasteiger charge is 2.13. The lowest BCUT2D eigenvalue weighted by Crippen LogP contribution is -2.09. The first-order valence-electron chi connectivity index (χ1n) is 4.17. The quantitative estimate of drug-likeness (QED) is 0.787. The molecule has 0 saturated heterocycles. The van der Waals surface area contributed by atoms with Crippen LogP contribution in [0.3, 0.4) is 0 Å². The number of aryl methyl sites for hydroxylation is 1. The van der Waals surface area contributed by atoms with Crippen molar-refractivity contribution < 1.29 is 5.11 Å². The highest BCUT2D eigenvalue weighted by Crippen LogP contribution is 2.31. The SMILES string of the molecule is Cc1cc(Cl)cc([C@H](N)CC#N)c1O. The Morgan fingerprint density at radius 2 is 2.29 bits per heavy atom. The van der Waals surface area contributed by atoms with Gasteiger partial charge in [-0.25, -0.2) is 0 Å². The molecule has 4 heteroatoms. The van der Waals surface area contributed by atoms with E-state index in [9.17, 15) is 5.11 Å². The molecule has 0 heterocycles. The summed E-state index contributed by atoms with van der Waals surface area (Å²) in [5.41, 5.74) is 6.90. The molecular formula is C10H11ClN2O. The van der Waals surface area contributed by atoms with Crippen molar-refractivity contribution in [1.82, 2.24) is 0 Å². The number of rotatable bonds is 2. The summed E-state index contributed by atoms with van der Waals surface area (Å²) in [5.74, 6) is 0.122. The van der Waals surface area contributed by atoms with Gasteiger partial charge in [-0.05, 0) is 24.6 Å². The number of phenolic OH excluding ortho intramolecular Hbond substituents is 1. The first-order valence-corrected chi connectivity index (χ1v) is 4.55. The Kier molecular flexibility index (Phi) is 3.34. The highest BCUT2D eigenvalue weighted by atomic mass is 35.5. The summed E-state index contributed by atoms with van der Waals surface area (Å²) in [7, 11) is 0. The molecule has 0 amide bonds. The predicted molar refractivity (Wildman–Crippen MR) is 55.0 cm³/mol. The molecule has 3 N–H and O–H groups in total. The molecule has 0 spiro atoms. The van der Waals surface area contributed by atoms with Crippen LogP contribution in [0.4, 0.5) is 0 Å². The molecule has 0 aliphatic carbocycles. The van der Waals surface area contributed by atoms with Gasteiger partial charge in [0.15, 0.2) is 0 Å². The van der Waals surface area contributed by atoms with Gasteiger partial charge in [-0.3, -0.25) is 0 Å². The molecule has 1 aromatic rings. The van der Waals surface area contributed by atoms with Crippen molar-refractivity contribution in [3.05, 3.63) is 28.3 Å². The van der Waals surface area contributed by atoms with Crippen LogP contribution < -0.4 is 5.73 Å². The third-order valence-electron chi connectivity index (χ3n) is 2.01. The lowest BCUT2D eigenvalue weighted by molar-refractivity contribution is 0.458. The van der Waals surface area contributed by atoms with E-state index >= 15 is 0 Å². The number of benzene rings is 1. The maximum atomic E-state index is 9.67. The second kappa shape index (κ2) is 4.32. The third-order valence-corrected chi connectivity index (χ3v) is 2.22. The monoisotopic (exact) mass is 210 g/mol. The number of nitrogens with two attached hydrogens (primary N) is 1. The zero-order valence-corrected chi connectivity index (χ0v) is 8.54. The fourth-order valence-electron chi connectivity index (χ4n) is 1.25. The van der Waals surface area contributed by atoms with Gasteiger partial charge in [0.2, 0.25) is 0 Å². The number of phenols is 1. The minimum atomic E-state index is -0.489. The molecule has 0 saturated carbocycles. The molecule has 0 fully saturated rings. The van der Waals surface area contributed by atoms with Crippen molar-refractivity contribution in [2.75, 3.05) is 0 Å². The van der Waals surface area contributed by atoms with E-state index in [4.69, 9.17) is 22.6 Å². The van der Waals surface area contributed by atoms with Crippen LogP contribution in [0.2, 0.25) is 5.02 Å². The Morgan fingerprint density at radius 3 is 2.86 bits per heavy atom. The Bertz CT molecular complexity index is 384. The van der Waals surface area contributed by atoms with E-state index in [1.807, 2.05) is 6.07 Å². The normalized spacial score (nSPS) is 12.1. The molecule has 74 valence electrons. The first kappa shape index (κ1) is 10.8. The van der Waals surface area contributed by atoms with Crippen molar-refractivity contribution in [2.24, 2.45) is 5.73 Å². The maximum absolute atomic E-state index is 9.67. The van der Waals surface area contributed by atoms with Crippen LogP contribution in [-0.2, 0) is 0 Å². The van der Waals surface area contributed by atoms with E-state index in [1.165, 1.54) is 0 Å². The molecule has 0 bridgehead atoms. The van der Waals surface area contributed by atoms with Gasteiger partial charge in [-0.2, -0.15) is 5.26 Å². The average Bonchev–Trinajstić information content (AvgIpc) is 2.11. The lowest BCUT2D eigenvalue weighted by atomic mass is 10.0. The molecule has 0 aliphatic rings. The van der Waals surface area contributed by atoms with E-state index in [0.717, 1.165) is 0 Å². The number of nitriles is 1.